The van der Waals surface area contributed by atoms with Gasteiger partial charge in [-0.15, -0.1) is 0 Å². The second-order valence-electron chi connectivity index (χ2n) is 6.66. The molecule has 1 unspecified atom stereocenters. The second-order valence-corrected chi connectivity index (χ2v) is 6.66. The summed E-state index contributed by atoms with van der Waals surface area (Å²) in [5, 5.41) is 2.65. The minimum Gasteiger partial charge on any atom is -0.383 e. The Bertz CT molecular complexity index is 771. The summed E-state index contributed by atoms with van der Waals surface area (Å²) in [5.74, 6) is -0.747. The van der Waals surface area contributed by atoms with E-state index < -0.39 is 5.82 Å². The third-order valence-electron chi connectivity index (χ3n) is 4.16. The number of ether oxygens (including phenoxy) is 1. The van der Waals surface area contributed by atoms with Gasteiger partial charge in [-0.1, -0.05) is 36.4 Å². The van der Waals surface area contributed by atoms with Crippen molar-refractivity contribution in [3.05, 3.63) is 66.0 Å². The van der Waals surface area contributed by atoms with E-state index in [9.17, 15) is 14.0 Å². The van der Waals surface area contributed by atoms with Crippen molar-refractivity contribution in [1.29, 1.82) is 0 Å². The van der Waals surface area contributed by atoms with Crippen molar-refractivity contribution < 1.29 is 23.6 Å². The van der Waals surface area contributed by atoms with Gasteiger partial charge in [0, 0.05) is 25.9 Å². The van der Waals surface area contributed by atoms with Crippen molar-refractivity contribution in [2.45, 2.75) is 6.54 Å². The maximum atomic E-state index is 13.2. The Balaban J connectivity index is 1.88. The van der Waals surface area contributed by atoms with Crippen LogP contribution >= 0.6 is 0 Å². The maximum Gasteiger partial charge on any atom is 0.279 e. The number of amides is 2. The molecule has 2 rings (SSSR count). The Kier molecular flexibility index (Phi) is 8.58. The highest BCUT2D eigenvalue weighted by Gasteiger charge is 2.20. The van der Waals surface area contributed by atoms with Crippen LogP contribution in [0.15, 0.2) is 54.6 Å². The summed E-state index contributed by atoms with van der Waals surface area (Å²) in [5.41, 5.74) is 1.43. The molecule has 0 saturated carbocycles. The Morgan fingerprint density at radius 3 is 2.54 bits per heavy atom. The molecule has 0 aromatic heterocycles. The summed E-state index contributed by atoms with van der Waals surface area (Å²) in [6.07, 6.45) is 0. The lowest BCUT2D eigenvalue weighted by molar-refractivity contribution is -0.862. The molecule has 28 heavy (non-hydrogen) atoms. The predicted molar refractivity (Wildman–Crippen MR) is 105 cm³/mol. The molecule has 0 saturated heterocycles. The highest BCUT2D eigenvalue weighted by molar-refractivity contribution is 5.91. The lowest BCUT2D eigenvalue weighted by atomic mass is 10.2. The Morgan fingerprint density at radius 2 is 1.86 bits per heavy atom. The first kappa shape index (κ1) is 21.5. The summed E-state index contributed by atoms with van der Waals surface area (Å²) in [4.78, 5) is 27.3. The van der Waals surface area contributed by atoms with Crippen LogP contribution in [0, 0.1) is 5.82 Å². The van der Waals surface area contributed by atoms with Crippen LogP contribution in [-0.4, -0.2) is 57.1 Å². The van der Waals surface area contributed by atoms with E-state index in [1.807, 2.05) is 30.3 Å². The number of anilines is 1. The van der Waals surface area contributed by atoms with Crippen molar-refractivity contribution in [2.75, 3.05) is 45.7 Å². The minimum absolute atomic E-state index is 0.0584. The number of rotatable bonds is 10. The van der Waals surface area contributed by atoms with Gasteiger partial charge in [0.05, 0.1) is 13.7 Å². The molecule has 0 radical (unpaired) electrons. The highest BCUT2D eigenvalue weighted by atomic mass is 19.1. The van der Waals surface area contributed by atoms with Crippen LogP contribution in [0.4, 0.5) is 10.1 Å². The zero-order valence-corrected chi connectivity index (χ0v) is 16.3. The smallest absolute Gasteiger partial charge is 0.279 e. The molecule has 2 N–H and O–H groups in total. The van der Waals surface area contributed by atoms with Crippen LogP contribution in [-0.2, 0) is 20.9 Å². The largest absolute Gasteiger partial charge is 0.383 e. The fraction of sp³-hybridized carbons (Fsp3) is 0.333. The van der Waals surface area contributed by atoms with E-state index in [2.05, 4.69) is 5.32 Å². The molecule has 0 bridgehead atoms. The summed E-state index contributed by atoms with van der Waals surface area (Å²) in [7, 11) is 3.37. The number of hydrogen-bond donors (Lipinski definition) is 2. The van der Waals surface area contributed by atoms with Gasteiger partial charge in [-0.25, -0.2) is 4.39 Å². The van der Waals surface area contributed by atoms with Crippen molar-refractivity contribution in [2.24, 2.45) is 0 Å². The van der Waals surface area contributed by atoms with E-state index >= 15 is 0 Å². The third kappa shape index (κ3) is 7.46. The van der Waals surface area contributed by atoms with Crippen LogP contribution in [0.25, 0.3) is 0 Å². The van der Waals surface area contributed by atoms with Gasteiger partial charge >= 0.3 is 0 Å². The van der Waals surface area contributed by atoms with Crippen molar-refractivity contribution in [3.8, 4) is 0 Å². The zero-order valence-electron chi connectivity index (χ0n) is 16.3. The first-order valence-electron chi connectivity index (χ1n) is 9.15. The average molecular weight is 388 g/mol. The number of carbonyl (C=O) groups excluding carboxylic acids is 2. The molecule has 2 aromatic rings. The minimum atomic E-state index is -0.414. The van der Waals surface area contributed by atoms with Gasteiger partial charge < -0.3 is 19.9 Å². The standard InChI is InChI=1S/C21H26FN3O3/c1-24(15-20(26)23-19-10-6-9-18(22)13-19)16-21(27)25(11-12-28-2)14-17-7-4-3-5-8-17/h3-10,13H,11-12,14-16H2,1-2H3,(H,23,26)/p+1. The molecular formula is C21H27FN3O3+. The number of nitrogens with one attached hydrogen (secondary N) is 2. The van der Waals surface area contributed by atoms with Crippen LogP contribution in [0.5, 0.6) is 0 Å². The van der Waals surface area contributed by atoms with Gasteiger partial charge in [0.25, 0.3) is 11.8 Å². The Morgan fingerprint density at radius 1 is 1.11 bits per heavy atom. The zero-order chi connectivity index (χ0) is 20.4. The van der Waals surface area contributed by atoms with E-state index in [0.717, 1.165) is 10.5 Å². The molecule has 0 aliphatic rings. The number of quaternary nitrogens is 1. The fourth-order valence-corrected chi connectivity index (χ4v) is 2.78. The molecule has 2 aromatic carbocycles. The van der Waals surface area contributed by atoms with E-state index in [0.29, 0.717) is 25.4 Å². The number of carbonyl (C=O) groups is 2. The van der Waals surface area contributed by atoms with Gasteiger partial charge in [-0.05, 0) is 23.8 Å². The molecule has 7 heteroatoms. The van der Waals surface area contributed by atoms with E-state index in [-0.39, 0.29) is 24.9 Å². The first-order valence-corrected chi connectivity index (χ1v) is 9.15. The molecule has 6 nitrogen and oxygen atoms in total. The molecule has 0 fully saturated rings. The van der Waals surface area contributed by atoms with E-state index in [1.165, 1.54) is 18.2 Å². The monoisotopic (exact) mass is 388 g/mol. The summed E-state index contributed by atoms with van der Waals surface area (Å²) in [6.45, 7) is 1.69. The first-order chi connectivity index (χ1) is 13.5. The number of hydrogen-bond acceptors (Lipinski definition) is 3. The third-order valence-corrected chi connectivity index (χ3v) is 4.16. The lowest BCUT2D eigenvalue weighted by Gasteiger charge is -2.24. The Hall–Kier alpha value is -2.77. The van der Waals surface area contributed by atoms with Crippen molar-refractivity contribution >= 4 is 17.5 Å². The van der Waals surface area contributed by atoms with E-state index in [1.54, 1.807) is 25.1 Å². The Labute approximate surface area is 164 Å². The van der Waals surface area contributed by atoms with Crippen LogP contribution < -0.4 is 10.2 Å². The average Bonchev–Trinajstić information content (AvgIpc) is 2.65. The molecule has 0 heterocycles. The van der Waals surface area contributed by atoms with Gasteiger partial charge in [0.1, 0.15) is 5.82 Å². The van der Waals surface area contributed by atoms with Crippen LogP contribution in [0.2, 0.25) is 0 Å². The SMILES string of the molecule is COCCN(Cc1ccccc1)C(=O)C[NH+](C)CC(=O)Nc1cccc(F)c1. The fourth-order valence-electron chi connectivity index (χ4n) is 2.78. The van der Waals surface area contributed by atoms with Gasteiger partial charge in [0.2, 0.25) is 0 Å². The van der Waals surface area contributed by atoms with Gasteiger partial charge in [-0.3, -0.25) is 9.59 Å². The number of methoxy groups -OCH3 is 1. The summed E-state index contributed by atoms with van der Waals surface area (Å²) >= 11 is 0. The molecule has 2 amide bonds. The topological polar surface area (TPSA) is 63.1 Å². The molecule has 0 aliphatic carbocycles. The molecule has 1 atom stereocenters. The van der Waals surface area contributed by atoms with Crippen molar-refractivity contribution in [3.63, 3.8) is 0 Å². The van der Waals surface area contributed by atoms with Gasteiger partial charge in [-0.2, -0.15) is 0 Å². The molecule has 0 aliphatic heterocycles. The quantitative estimate of drug-likeness (QED) is 0.637. The number of halogens is 1. The normalized spacial score (nSPS) is 11.7. The van der Waals surface area contributed by atoms with Crippen molar-refractivity contribution in [1.82, 2.24) is 4.90 Å². The number of nitrogens with zero attached hydrogens (tertiary/aromatic N) is 1. The molecule has 0 spiro atoms. The summed E-state index contributed by atoms with van der Waals surface area (Å²) in [6, 6.07) is 15.4. The maximum absolute atomic E-state index is 13.2. The predicted octanol–water partition coefficient (Wildman–Crippen LogP) is 0.954. The van der Waals surface area contributed by atoms with E-state index in [4.69, 9.17) is 4.74 Å². The van der Waals surface area contributed by atoms with Gasteiger partial charge in [0.15, 0.2) is 13.1 Å². The number of benzene rings is 2. The molecule has 150 valence electrons. The highest BCUT2D eigenvalue weighted by Crippen LogP contribution is 2.08. The number of likely N-dealkylation sites (N-methyl/N-ethyl adjacent to an activating group) is 1. The van der Waals surface area contributed by atoms with Crippen LogP contribution in [0.1, 0.15) is 5.56 Å². The van der Waals surface area contributed by atoms with Crippen LogP contribution in [0.3, 0.4) is 0 Å². The second kappa shape index (κ2) is 11.2. The molecular weight excluding hydrogens is 361 g/mol. The lowest BCUT2D eigenvalue weighted by Crippen LogP contribution is -3.11. The summed E-state index contributed by atoms with van der Waals surface area (Å²) < 4.78 is 18.3.